The molecular formula is C12H19N3O2. The molecule has 5 heteroatoms. The summed E-state index contributed by atoms with van der Waals surface area (Å²) in [5, 5.41) is 2.78. The Morgan fingerprint density at radius 2 is 2.24 bits per heavy atom. The second-order valence-corrected chi connectivity index (χ2v) is 3.73. The molecule has 1 heterocycles. The maximum Gasteiger partial charge on any atom is 0.136 e. The first-order valence-electron chi connectivity index (χ1n) is 5.72. The lowest BCUT2D eigenvalue weighted by molar-refractivity contribution is 0.0848. The lowest BCUT2D eigenvalue weighted by Gasteiger charge is -2.20. The van der Waals surface area contributed by atoms with Crippen molar-refractivity contribution in [2.24, 2.45) is 5.18 Å². The van der Waals surface area contributed by atoms with Gasteiger partial charge in [0.05, 0.1) is 6.61 Å². The van der Waals surface area contributed by atoms with Crippen molar-refractivity contribution in [3.05, 3.63) is 41.5 Å². The number of nitroso groups, excluding NO2 is 1. The summed E-state index contributed by atoms with van der Waals surface area (Å²) in [6.07, 6.45) is 11.3. The average Bonchev–Trinajstić information content (AvgIpc) is 2.66. The van der Waals surface area contributed by atoms with Crippen LogP contribution in [0.4, 0.5) is 0 Å². The first kappa shape index (κ1) is 13.4. The summed E-state index contributed by atoms with van der Waals surface area (Å²) in [5.41, 5.74) is 0. The van der Waals surface area contributed by atoms with Gasteiger partial charge in [-0.1, -0.05) is 25.5 Å². The molecule has 0 aromatic carbocycles. The van der Waals surface area contributed by atoms with E-state index >= 15 is 0 Å². The third-order valence-corrected chi connectivity index (χ3v) is 2.36. The number of hydrogen-bond acceptors (Lipinski definition) is 5. The molecule has 0 radical (unpaired) electrons. The summed E-state index contributed by atoms with van der Waals surface area (Å²) in [6.45, 7) is 3.13. The molecule has 0 unspecified atom stereocenters. The van der Waals surface area contributed by atoms with Gasteiger partial charge in [0.1, 0.15) is 18.8 Å². The maximum absolute atomic E-state index is 10.2. The van der Waals surface area contributed by atoms with Gasteiger partial charge < -0.3 is 14.5 Å². The van der Waals surface area contributed by atoms with E-state index in [1.54, 1.807) is 0 Å². The van der Waals surface area contributed by atoms with Gasteiger partial charge >= 0.3 is 0 Å². The van der Waals surface area contributed by atoms with E-state index in [0.717, 1.165) is 18.7 Å². The van der Waals surface area contributed by atoms with Gasteiger partial charge in [-0.2, -0.15) is 0 Å². The average molecular weight is 237 g/mol. The van der Waals surface area contributed by atoms with Crippen molar-refractivity contribution in [1.29, 1.82) is 0 Å². The van der Waals surface area contributed by atoms with Gasteiger partial charge in [0.15, 0.2) is 0 Å². The van der Waals surface area contributed by atoms with Gasteiger partial charge in [0, 0.05) is 19.4 Å². The lowest BCUT2D eigenvalue weighted by atomic mass is 10.3. The fourth-order valence-electron chi connectivity index (χ4n) is 1.43. The van der Waals surface area contributed by atoms with E-state index in [2.05, 4.69) is 18.2 Å². The Hall–Kier alpha value is -1.62. The minimum absolute atomic E-state index is 0.415. The highest BCUT2D eigenvalue weighted by Gasteiger charge is 2.16. The van der Waals surface area contributed by atoms with Crippen LogP contribution in [-0.4, -0.2) is 30.2 Å². The normalized spacial score (nSPS) is 17.6. The van der Waals surface area contributed by atoms with Crippen molar-refractivity contribution >= 4 is 0 Å². The van der Waals surface area contributed by atoms with E-state index in [-0.39, 0.29) is 0 Å². The van der Waals surface area contributed by atoms with Crippen LogP contribution >= 0.6 is 0 Å². The van der Waals surface area contributed by atoms with Gasteiger partial charge in [0.25, 0.3) is 0 Å². The molecule has 94 valence electrons. The van der Waals surface area contributed by atoms with Crippen molar-refractivity contribution in [1.82, 2.24) is 9.80 Å². The van der Waals surface area contributed by atoms with Crippen LogP contribution in [0.5, 0.6) is 0 Å². The van der Waals surface area contributed by atoms with Crippen LogP contribution in [0.1, 0.15) is 19.8 Å². The highest BCUT2D eigenvalue weighted by Crippen LogP contribution is 2.17. The number of ether oxygens (including phenoxy) is 1. The quantitative estimate of drug-likeness (QED) is 0.388. The Kier molecular flexibility index (Phi) is 6.03. The number of unbranched alkanes of at least 4 members (excludes halogenated alkanes) is 1. The standard InChI is InChI=1S/C12H19N3O2/c1-3-4-5-6-9-17-11-15-8-7-14(2)12(15)10-13-16/h5-8,10H,3-4,9,11H2,1-2H3/b6-5+,12-10-. The van der Waals surface area contributed by atoms with Gasteiger partial charge in [-0.15, -0.1) is 4.91 Å². The maximum atomic E-state index is 10.2. The predicted octanol–water partition coefficient (Wildman–Crippen LogP) is 2.60. The number of rotatable bonds is 7. The zero-order valence-electron chi connectivity index (χ0n) is 10.4. The molecule has 17 heavy (non-hydrogen) atoms. The summed E-state index contributed by atoms with van der Waals surface area (Å²) < 4.78 is 5.47. The second-order valence-electron chi connectivity index (χ2n) is 3.73. The summed E-state index contributed by atoms with van der Waals surface area (Å²) >= 11 is 0. The monoisotopic (exact) mass is 237 g/mol. The minimum atomic E-state index is 0.415. The molecule has 0 spiro atoms. The molecule has 0 atom stereocenters. The summed E-state index contributed by atoms with van der Waals surface area (Å²) in [6, 6.07) is 0. The molecule has 0 amide bonds. The Labute approximate surface area is 102 Å². The Morgan fingerprint density at radius 1 is 1.41 bits per heavy atom. The third kappa shape index (κ3) is 4.40. The van der Waals surface area contributed by atoms with Crippen molar-refractivity contribution in [2.45, 2.75) is 19.8 Å². The van der Waals surface area contributed by atoms with Crippen LogP contribution in [0.15, 0.2) is 41.7 Å². The van der Waals surface area contributed by atoms with Crippen LogP contribution < -0.4 is 0 Å². The molecule has 0 aromatic rings. The molecule has 1 rings (SSSR count). The lowest BCUT2D eigenvalue weighted by Crippen LogP contribution is -2.22. The van der Waals surface area contributed by atoms with Crippen molar-refractivity contribution in [2.75, 3.05) is 20.4 Å². The highest BCUT2D eigenvalue weighted by atomic mass is 16.5. The van der Waals surface area contributed by atoms with Crippen LogP contribution in [0.3, 0.4) is 0 Å². The SMILES string of the molecule is CCC/C=C/COCN1C=CN(C)/C1=C/N=O. The number of nitrogens with zero attached hydrogens (tertiary/aromatic N) is 3. The fourth-order valence-corrected chi connectivity index (χ4v) is 1.43. The van der Waals surface area contributed by atoms with E-state index in [0.29, 0.717) is 13.3 Å². The fraction of sp³-hybridized carbons (Fsp3) is 0.500. The molecule has 0 saturated heterocycles. The molecule has 0 saturated carbocycles. The first-order chi connectivity index (χ1) is 8.29. The van der Waals surface area contributed by atoms with Crippen LogP contribution in [-0.2, 0) is 4.74 Å². The van der Waals surface area contributed by atoms with E-state index in [4.69, 9.17) is 4.74 Å². The number of allylic oxidation sites excluding steroid dienone is 1. The topological polar surface area (TPSA) is 45.1 Å². The van der Waals surface area contributed by atoms with Crippen LogP contribution in [0, 0.1) is 4.91 Å². The van der Waals surface area contributed by atoms with Crippen LogP contribution in [0.25, 0.3) is 0 Å². The van der Waals surface area contributed by atoms with Gasteiger partial charge in [-0.3, -0.25) is 0 Å². The smallest absolute Gasteiger partial charge is 0.136 e. The molecule has 0 bridgehead atoms. The predicted molar refractivity (Wildman–Crippen MR) is 67.5 cm³/mol. The van der Waals surface area contributed by atoms with Gasteiger partial charge in [0.2, 0.25) is 0 Å². The molecule has 0 aromatic heterocycles. The molecule has 0 aliphatic carbocycles. The van der Waals surface area contributed by atoms with Crippen molar-refractivity contribution in [3.63, 3.8) is 0 Å². The molecule has 5 nitrogen and oxygen atoms in total. The first-order valence-corrected chi connectivity index (χ1v) is 5.72. The zero-order chi connectivity index (χ0) is 12.5. The molecule has 0 fully saturated rings. The second kappa shape index (κ2) is 7.62. The Morgan fingerprint density at radius 3 is 2.94 bits per heavy atom. The molecule has 0 N–H and O–H groups in total. The minimum Gasteiger partial charge on any atom is -0.357 e. The third-order valence-electron chi connectivity index (χ3n) is 2.36. The Balaban J connectivity index is 2.29. The van der Waals surface area contributed by atoms with E-state index < -0.39 is 0 Å². The largest absolute Gasteiger partial charge is 0.357 e. The molecule has 1 aliphatic heterocycles. The van der Waals surface area contributed by atoms with Crippen molar-refractivity contribution < 1.29 is 4.74 Å². The molecule has 1 aliphatic rings. The van der Waals surface area contributed by atoms with Gasteiger partial charge in [-0.05, 0) is 11.6 Å². The number of hydrogen-bond donors (Lipinski definition) is 0. The van der Waals surface area contributed by atoms with E-state index in [9.17, 15) is 4.91 Å². The van der Waals surface area contributed by atoms with Crippen molar-refractivity contribution in [3.8, 4) is 0 Å². The van der Waals surface area contributed by atoms with Crippen LogP contribution in [0.2, 0.25) is 0 Å². The Bertz CT molecular complexity index is 324. The zero-order valence-corrected chi connectivity index (χ0v) is 10.4. The van der Waals surface area contributed by atoms with E-state index in [1.165, 1.54) is 6.20 Å². The van der Waals surface area contributed by atoms with Gasteiger partial charge in [-0.25, -0.2) is 0 Å². The highest BCUT2D eigenvalue weighted by molar-refractivity contribution is 5.12. The van der Waals surface area contributed by atoms with E-state index in [1.807, 2.05) is 35.3 Å². The summed E-state index contributed by atoms with van der Waals surface area (Å²) in [7, 11) is 1.86. The summed E-state index contributed by atoms with van der Waals surface area (Å²) in [4.78, 5) is 13.9. The summed E-state index contributed by atoms with van der Waals surface area (Å²) in [5.74, 6) is 0.720. The molecular weight excluding hydrogens is 218 g/mol.